The molecule has 1 saturated carbocycles. The largest absolute Gasteiger partial charge is 0.481 e. The predicted molar refractivity (Wildman–Crippen MR) is 125 cm³/mol. The molecule has 1 aliphatic heterocycles. The minimum atomic E-state index is -0.944. The number of hydrogen-bond donors (Lipinski definition) is 4. The van der Waals surface area contributed by atoms with Gasteiger partial charge in [-0.3, -0.25) is 9.59 Å². The molecule has 8 heteroatoms. The lowest BCUT2D eigenvalue weighted by Gasteiger charge is -2.32. The van der Waals surface area contributed by atoms with Crippen LogP contribution in [-0.2, 0) is 15.1 Å². The van der Waals surface area contributed by atoms with Gasteiger partial charge in [-0.1, -0.05) is 31.0 Å². The van der Waals surface area contributed by atoms with Gasteiger partial charge in [0.2, 0.25) is 5.91 Å². The average Bonchev–Trinajstić information content (AvgIpc) is 3.55. The summed E-state index contributed by atoms with van der Waals surface area (Å²) in [5.74, 6) is -1.40. The SMILES string of the molecule is N#Cc1cccc(C(N)(CCC2CC2)c2ccc(F)c(NC(=O)[C@H]3C[C@H](CC(=O)O)CN3)c2)c1. The lowest BCUT2D eigenvalue weighted by Crippen LogP contribution is -2.39. The normalized spacial score (nSPS) is 21.4. The number of benzene rings is 2. The van der Waals surface area contributed by atoms with Crippen molar-refractivity contribution in [3.05, 3.63) is 65.0 Å². The van der Waals surface area contributed by atoms with E-state index in [2.05, 4.69) is 16.7 Å². The minimum Gasteiger partial charge on any atom is -0.481 e. The number of carbonyl (C=O) groups is 2. The van der Waals surface area contributed by atoms with Gasteiger partial charge in [0.05, 0.1) is 28.9 Å². The van der Waals surface area contributed by atoms with E-state index >= 15 is 0 Å². The number of carboxylic acid groups (broad SMARTS) is 1. The summed E-state index contributed by atoms with van der Waals surface area (Å²) in [5, 5.41) is 24.0. The van der Waals surface area contributed by atoms with E-state index in [0.717, 1.165) is 12.0 Å². The molecule has 1 amide bonds. The van der Waals surface area contributed by atoms with Gasteiger partial charge in [-0.25, -0.2) is 4.39 Å². The molecule has 4 rings (SSSR count). The molecule has 0 spiro atoms. The Balaban J connectivity index is 1.58. The summed E-state index contributed by atoms with van der Waals surface area (Å²) in [7, 11) is 0. The first kappa shape index (κ1) is 23.9. The molecule has 178 valence electrons. The molecule has 0 radical (unpaired) electrons. The fourth-order valence-corrected chi connectivity index (χ4v) is 4.69. The van der Waals surface area contributed by atoms with Crippen LogP contribution < -0.4 is 16.4 Å². The second-order valence-electron chi connectivity index (χ2n) is 9.49. The van der Waals surface area contributed by atoms with Gasteiger partial charge in [-0.2, -0.15) is 5.26 Å². The Morgan fingerprint density at radius 2 is 1.97 bits per heavy atom. The van der Waals surface area contributed by atoms with Gasteiger partial charge < -0.3 is 21.5 Å². The highest BCUT2D eigenvalue weighted by Gasteiger charge is 2.35. The van der Waals surface area contributed by atoms with E-state index in [9.17, 15) is 19.2 Å². The van der Waals surface area contributed by atoms with Crippen LogP contribution in [0.2, 0.25) is 0 Å². The van der Waals surface area contributed by atoms with Crippen molar-refractivity contribution in [2.75, 3.05) is 11.9 Å². The van der Waals surface area contributed by atoms with Gasteiger partial charge in [0.25, 0.3) is 0 Å². The predicted octanol–water partition coefficient (Wildman–Crippen LogP) is 3.48. The van der Waals surface area contributed by atoms with Gasteiger partial charge in [0, 0.05) is 6.42 Å². The van der Waals surface area contributed by atoms with Crippen molar-refractivity contribution in [1.29, 1.82) is 5.26 Å². The van der Waals surface area contributed by atoms with Crippen molar-refractivity contribution in [2.45, 2.75) is 50.1 Å². The first-order valence-electron chi connectivity index (χ1n) is 11.6. The zero-order chi connectivity index (χ0) is 24.3. The number of carbonyl (C=O) groups excluding carboxylic acids is 1. The van der Waals surface area contributed by atoms with Gasteiger partial charge in [-0.05, 0) is 73.0 Å². The van der Waals surface area contributed by atoms with E-state index in [0.29, 0.717) is 36.4 Å². The number of carboxylic acids is 1. The third kappa shape index (κ3) is 5.44. The maximum Gasteiger partial charge on any atom is 0.303 e. The number of rotatable bonds is 9. The van der Waals surface area contributed by atoms with Crippen molar-refractivity contribution >= 4 is 17.6 Å². The molecule has 1 saturated heterocycles. The van der Waals surface area contributed by atoms with Crippen LogP contribution >= 0.6 is 0 Å². The molecule has 5 N–H and O–H groups in total. The van der Waals surface area contributed by atoms with Crippen molar-refractivity contribution < 1.29 is 19.1 Å². The van der Waals surface area contributed by atoms with Crippen LogP contribution in [-0.4, -0.2) is 29.6 Å². The highest BCUT2D eigenvalue weighted by molar-refractivity contribution is 5.95. The molecular formula is C26H29FN4O3. The lowest BCUT2D eigenvalue weighted by atomic mass is 9.79. The number of hydrogen-bond acceptors (Lipinski definition) is 5. The number of nitrogens with zero attached hydrogens (tertiary/aromatic N) is 1. The maximum atomic E-state index is 14.7. The molecule has 2 fully saturated rings. The summed E-state index contributed by atoms with van der Waals surface area (Å²) in [6.45, 7) is 0.426. The smallest absolute Gasteiger partial charge is 0.303 e. The van der Waals surface area contributed by atoms with Crippen molar-refractivity contribution in [2.24, 2.45) is 17.6 Å². The molecule has 1 aliphatic carbocycles. The summed E-state index contributed by atoms with van der Waals surface area (Å²) in [5.41, 5.74) is 7.97. The zero-order valence-electron chi connectivity index (χ0n) is 18.9. The molecule has 3 atom stereocenters. The summed E-state index contributed by atoms with van der Waals surface area (Å²) in [4.78, 5) is 23.7. The zero-order valence-corrected chi connectivity index (χ0v) is 18.9. The standard InChI is InChI=1S/C26H29FN4O3/c27-21-7-6-20(13-22(21)31-25(34)23-11-18(15-30-23)12-24(32)33)26(29,9-8-16-4-5-16)19-3-1-2-17(10-19)14-28/h1-3,6-7,10,13,16,18,23,30H,4-5,8-9,11-12,15,29H2,(H,31,34)(H,32,33)/t18-,23-,26?/m1/s1. The summed E-state index contributed by atoms with van der Waals surface area (Å²) < 4.78 is 14.7. The Labute approximate surface area is 198 Å². The quantitative estimate of drug-likeness (QED) is 0.450. The van der Waals surface area contributed by atoms with E-state index < -0.39 is 29.3 Å². The number of amides is 1. The number of nitriles is 1. The van der Waals surface area contributed by atoms with Crippen molar-refractivity contribution in [1.82, 2.24) is 5.32 Å². The van der Waals surface area contributed by atoms with Gasteiger partial charge >= 0.3 is 5.97 Å². The fourth-order valence-electron chi connectivity index (χ4n) is 4.69. The monoisotopic (exact) mass is 464 g/mol. The molecule has 2 aromatic rings. The number of nitrogens with one attached hydrogen (secondary N) is 2. The van der Waals surface area contributed by atoms with Crippen LogP contribution in [0.25, 0.3) is 0 Å². The van der Waals surface area contributed by atoms with E-state index in [1.165, 1.54) is 18.9 Å². The lowest BCUT2D eigenvalue weighted by molar-refractivity contribution is -0.138. The Morgan fingerprint density at radius 3 is 2.68 bits per heavy atom. The van der Waals surface area contributed by atoms with E-state index in [4.69, 9.17) is 10.8 Å². The van der Waals surface area contributed by atoms with Crippen molar-refractivity contribution in [3.63, 3.8) is 0 Å². The van der Waals surface area contributed by atoms with Crippen LogP contribution in [0.1, 0.15) is 55.2 Å². The summed E-state index contributed by atoms with van der Waals surface area (Å²) >= 11 is 0. The number of anilines is 1. The Hall–Kier alpha value is -3.28. The maximum absolute atomic E-state index is 14.7. The number of aliphatic carboxylic acids is 1. The Morgan fingerprint density at radius 1 is 1.21 bits per heavy atom. The van der Waals surface area contributed by atoms with E-state index in [-0.39, 0.29) is 18.0 Å². The van der Waals surface area contributed by atoms with Gasteiger partial charge in [0.1, 0.15) is 5.82 Å². The van der Waals surface area contributed by atoms with Crippen LogP contribution in [0.5, 0.6) is 0 Å². The molecule has 7 nitrogen and oxygen atoms in total. The Bertz CT molecular complexity index is 1130. The molecule has 1 unspecified atom stereocenters. The molecule has 34 heavy (non-hydrogen) atoms. The van der Waals surface area contributed by atoms with E-state index in [1.54, 1.807) is 30.3 Å². The molecular weight excluding hydrogens is 435 g/mol. The summed E-state index contributed by atoms with van der Waals surface area (Å²) in [6.07, 6.45) is 4.27. The molecule has 2 aliphatic rings. The minimum absolute atomic E-state index is 0.0148. The van der Waals surface area contributed by atoms with E-state index in [1.807, 2.05) is 6.07 Å². The summed E-state index contributed by atoms with van der Waals surface area (Å²) in [6, 6.07) is 13.2. The van der Waals surface area contributed by atoms with Crippen LogP contribution in [0.15, 0.2) is 42.5 Å². The first-order chi connectivity index (χ1) is 16.3. The second kappa shape index (κ2) is 9.92. The topological polar surface area (TPSA) is 128 Å². The average molecular weight is 465 g/mol. The molecule has 1 heterocycles. The van der Waals surface area contributed by atoms with Crippen LogP contribution in [0, 0.1) is 29.0 Å². The number of halogens is 1. The first-order valence-corrected chi connectivity index (χ1v) is 11.6. The Kier molecular flexibility index (Phi) is 6.96. The third-order valence-electron chi connectivity index (χ3n) is 6.89. The molecule has 0 aromatic heterocycles. The van der Waals surface area contributed by atoms with Gasteiger partial charge in [0.15, 0.2) is 0 Å². The van der Waals surface area contributed by atoms with Gasteiger partial charge in [-0.15, -0.1) is 0 Å². The van der Waals surface area contributed by atoms with Crippen molar-refractivity contribution in [3.8, 4) is 6.07 Å². The molecule has 2 aromatic carbocycles. The highest BCUT2D eigenvalue weighted by Crippen LogP contribution is 2.40. The second-order valence-corrected chi connectivity index (χ2v) is 9.49. The highest BCUT2D eigenvalue weighted by atomic mass is 19.1. The number of nitrogens with two attached hydrogens (primary N) is 1. The molecule has 0 bridgehead atoms. The van der Waals surface area contributed by atoms with Crippen LogP contribution in [0.4, 0.5) is 10.1 Å². The van der Waals surface area contributed by atoms with Crippen LogP contribution in [0.3, 0.4) is 0 Å². The third-order valence-corrected chi connectivity index (χ3v) is 6.89. The fraction of sp³-hybridized carbons (Fsp3) is 0.423.